The highest BCUT2D eigenvalue weighted by molar-refractivity contribution is 7.10. The molecule has 2 unspecified atom stereocenters. The number of nitrogens with one attached hydrogen (secondary N) is 1. The second kappa shape index (κ2) is 6.87. The van der Waals surface area contributed by atoms with E-state index >= 15 is 0 Å². The lowest BCUT2D eigenvalue weighted by atomic mass is 9.95. The van der Waals surface area contributed by atoms with E-state index in [1.807, 2.05) is 17.5 Å². The molecule has 1 N–H and O–H groups in total. The van der Waals surface area contributed by atoms with Gasteiger partial charge in [-0.15, -0.1) is 11.3 Å². The van der Waals surface area contributed by atoms with Gasteiger partial charge in [0.2, 0.25) is 0 Å². The first kappa shape index (κ1) is 15.5. The van der Waals surface area contributed by atoms with Crippen molar-refractivity contribution < 1.29 is 4.79 Å². The van der Waals surface area contributed by atoms with Crippen molar-refractivity contribution >= 4 is 23.3 Å². The minimum Gasteiger partial charge on any atom is -0.332 e. The molecule has 0 bridgehead atoms. The van der Waals surface area contributed by atoms with E-state index < -0.39 is 0 Å². The maximum absolute atomic E-state index is 13.3. The molecule has 3 heterocycles. The lowest BCUT2D eigenvalue weighted by molar-refractivity contribution is -0.128. The van der Waals surface area contributed by atoms with E-state index in [2.05, 4.69) is 39.5 Å². The molecule has 2 aromatic rings. The van der Waals surface area contributed by atoms with Crippen molar-refractivity contribution in [1.82, 2.24) is 15.2 Å². The van der Waals surface area contributed by atoms with Gasteiger partial charge in [-0.25, -0.2) is 4.98 Å². The average Bonchev–Trinajstić information content (AvgIpc) is 3.24. The highest BCUT2D eigenvalue weighted by Crippen LogP contribution is 2.34. The summed E-state index contributed by atoms with van der Waals surface area (Å²) in [7, 11) is 0. The van der Waals surface area contributed by atoms with Crippen LogP contribution in [0.2, 0.25) is 0 Å². The molecule has 2 saturated heterocycles. The molecule has 1 aromatic carbocycles. The van der Waals surface area contributed by atoms with Crippen LogP contribution in [0.5, 0.6) is 0 Å². The molecule has 0 saturated carbocycles. The van der Waals surface area contributed by atoms with Crippen LogP contribution in [0.15, 0.2) is 47.5 Å². The molecule has 1 amide bonds. The van der Waals surface area contributed by atoms with Crippen LogP contribution in [0.1, 0.15) is 35.9 Å². The third kappa shape index (κ3) is 3.01. The zero-order valence-corrected chi connectivity index (χ0v) is 14.3. The maximum atomic E-state index is 13.3. The number of rotatable bonds is 4. The van der Waals surface area contributed by atoms with Gasteiger partial charge in [0, 0.05) is 29.7 Å². The van der Waals surface area contributed by atoms with Crippen LogP contribution in [0.4, 0.5) is 0 Å². The summed E-state index contributed by atoms with van der Waals surface area (Å²) in [6, 6.07) is 10.7. The maximum Gasteiger partial charge on any atom is 0.251 e. The smallest absolute Gasteiger partial charge is 0.251 e. The Bertz CT molecular complexity index is 722. The van der Waals surface area contributed by atoms with Crippen LogP contribution >= 0.6 is 11.3 Å². The van der Waals surface area contributed by atoms with E-state index in [-0.39, 0.29) is 18.0 Å². The van der Waals surface area contributed by atoms with Crippen molar-refractivity contribution in [3.8, 4) is 0 Å². The molecule has 0 spiro atoms. The van der Waals surface area contributed by atoms with Gasteiger partial charge in [0.05, 0.1) is 6.04 Å². The number of thiazole rings is 1. The molecule has 2 aliphatic rings. The Labute approximate surface area is 146 Å². The Hall–Kier alpha value is -1.98. The van der Waals surface area contributed by atoms with E-state index in [0.717, 1.165) is 42.9 Å². The van der Waals surface area contributed by atoms with Crippen LogP contribution in [0, 0.1) is 0 Å². The molecule has 0 radical (unpaired) electrons. The molecule has 2 aliphatic heterocycles. The standard InChI is InChI=1S/C19H21N3OS/c23-19(15(16-8-9-20-16)13-18-21-10-12-24-18)22-11-4-7-17(22)14-5-2-1-3-6-14/h1-3,5-6,10,12-13,16-17,20H,4,7-9,11H2/b15-13+. The molecule has 5 heteroatoms. The van der Waals surface area contributed by atoms with Crippen LogP contribution < -0.4 is 5.32 Å². The number of amides is 1. The van der Waals surface area contributed by atoms with Crippen molar-refractivity contribution in [3.05, 3.63) is 58.1 Å². The minimum atomic E-state index is 0.161. The first-order chi connectivity index (χ1) is 11.8. The monoisotopic (exact) mass is 339 g/mol. The molecule has 4 nitrogen and oxygen atoms in total. The van der Waals surface area contributed by atoms with Gasteiger partial charge in [0.1, 0.15) is 5.01 Å². The number of carbonyl (C=O) groups is 1. The van der Waals surface area contributed by atoms with Crippen LogP contribution in [0.3, 0.4) is 0 Å². The molecule has 2 atom stereocenters. The third-order valence-corrected chi connectivity index (χ3v) is 5.60. The number of hydrogen-bond donors (Lipinski definition) is 1. The van der Waals surface area contributed by atoms with Crippen molar-refractivity contribution in [2.24, 2.45) is 0 Å². The first-order valence-corrected chi connectivity index (χ1v) is 9.41. The van der Waals surface area contributed by atoms with Crippen molar-refractivity contribution in [2.75, 3.05) is 13.1 Å². The summed E-state index contributed by atoms with van der Waals surface area (Å²) in [5.41, 5.74) is 2.09. The topological polar surface area (TPSA) is 45.2 Å². The number of aromatic nitrogens is 1. The summed E-state index contributed by atoms with van der Waals surface area (Å²) >= 11 is 1.57. The number of carbonyl (C=O) groups excluding carboxylic acids is 1. The Morgan fingerprint density at radius 1 is 1.29 bits per heavy atom. The lowest BCUT2D eigenvalue weighted by Crippen LogP contribution is -2.48. The molecule has 1 aromatic heterocycles. The van der Waals surface area contributed by atoms with E-state index in [1.165, 1.54) is 5.56 Å². The Morgan fingerprint density at radius 3 is 2.79 bits per heavy atom. The summed E-state index contributed by atoms with van der Waals surface area (Å²) in [6.45, 7) is 1.82. The minimum absolute atomic E-state index is 0.161. The van der Waals surface area contributed by atoms with Gasteiger partial charge >= 0.3 is 0 Å². The van der Waals surface area contributed by atoms with E-state index in [1.54, 1.807) is 17.5 Å². The van der Waals surface area contributed by atoms with Gasteiger partial charge in [0.15, 0.2) is 0 Å². The van der Waals surface area contributed by atoms with Crippen LogP contribution in [-0.4, -0.2) is 34.9 Å². The fraction of sp³-hybridized carbons (Fsp3) is 0.368. The second-order valence-electron chi connectivity index (χ2n) is 6.33. The van der Waals surface area contributed by atoms with E-state index in [0.29, 0.717) is 0 Å². The number of hydrogen-bond acceptors (Lipinski definition) is 4. The molecular weight excluding hydrogens is 318 g/mol. The fourth-order valence-electron chi connectivity index (χ4n) is 3.50. The van der Waals surface area contributed by atoms with Crippen molar-refractivity contribution in [3.63, 3.8) is 0 Å². The van der Waals surface area contributed by atoms with Crippen LogP contribution in [-0.2, 0) is 4.79 Å². The average molecular weight is 339 g/mol. The summed E-state index contributed by atoms with van der Waals surface area (Å²) in [5.74, 6) is 0.161. The highest BCUT2D eigenvalue weighted by atomic mass is 32.1. The van der Waals surface area contributed by atoms with E-state index in [4.69, 9.17) is 0 Å². The second-order valence-corrected chi connectivity index (χ2v) is 7.26. The molecule has 24 heavy (non-hydrogen) atoms. The molecule has 0 aliphatic carbocycles. The molecule has 4 rings (SSSR count). The van der Waals surface area contributed by atoms with Gasteiger partial charge in [-0.1, -0.05) is 30.3 Å². The van der Waals surface area contributed by atoms with Crippen molar-refractivity contribution in [1.29, 1.82) is 0 Å². The van der Waals surface area contributed by atoms with Crippen molar-refractivity contribution in [2.45, 2.75) is 31.3 Å². The number of benzene rings is 1. The predicted octanol–water partition coefficient (Wildman–Crippen LogP) is 3.25. The fourth-order valence-corrected chi connectivity index (χ4v) is 4.08. The number of nitrogens with zero attached hydrogens (tertiary/aromatic N) is 2. The molecule has 124 valence electrons. The van der Waals surface area contributed by atoms with E-state index in [9.17, 15) is 4.79 Å². The predicted molar refractivity (Wildman–Crippen MR) is 96.6 cm³/mol. The zero-order chi connectivity index (χ0) is 16.4. The normalized spacial score (nSPS) is 24.0. The Balaban J connectivity index is 1.62. The third-order valence-electron chi connectivity index (χ3n) is 4.87. The Kier molecular flexibility index (Phi) is 4.45. The van der Waals surface area contributed by atoms with Gasteiger partial charge in [0.25, 0.3) is 5.91 Å². The number of likely N-dealkylation sites (tertiary alicyclic amines) is 1. The molecule has 2 fully saturated rings. The van der Waals surface area contributed by atoms with Gasteiger partial charge < -0.3 is 10.2 Å². The largest absolute Gasteiger partial charge is 0.332 e. The van der Waals surface area contributed by atoms with Gasteiger partial charge in [-0.2, -0.15) is 0 Å². The Morgan fingerprint density at radius 2 is 2.12 bits per heavy atom. The summed E-state index contributed by atoms with van der Waals surface area (Å²) in [6.07, 6.45) is 6.89. The summed E-state index contributed by atoms with van der Waals surface area (Å²) in [5, 5.41) is 6.23. The quantitative estimate of drug-likeness (QED) is 0.870. The summed E-state index contributed by atoms with van der Waals surface area (Å²) in [4.78, 5) is 19.7. The SMILES string of the molecule is O=C(/C(=C/c1nccs1)C1CCN1)N1CCCC1c1ccccc1. The summed E-state index contributed by atoms with van der Waals surface area (Å²) < 4.78 is 0. The highest BCUT2D eigenvalue weighted by Gasteiger charge is 2.35. The molecular formula is C19H21N3OS. The van der Waals surface area contributed by atoms with Crippen LogP contribution in [0.25, 0.3) is 6.08 Å². The lowest BCUT2D eigenvalue weighted by Gasteiger charge is -2.33. The van der Waals surface area contributed by atoms with Gasteiger partial charge in [-0.3, -0.25) is 4.79 Å². The van der Waals surface area contributed by atoms with Gasteiger partial charge in [-0.05, 0) is 37.4 Å². The first-order valence-electron chi connectivity index (χ1n) is 8.53. The zero-order valence-electron chi connectivity index (χ0n) is 13.5.